The van der Waals surface area contributed by atoms with E-state index in [0.717, 1.165) is 0 Å². The Balaban J connectivity index is 5.32. The maximum absolute atomic E-state index is 11.8. The van der Waals surface area contributed by atoms with E-state index < -0.39 is 41.3 Å². The Bertz CT molecular complexity index is 351. The van der Waals surface area contributed by atoms with Crippen LogP contribution in [0.4, 0.5) is 0 Å². The van der Waals surface area contributed by atoms with Crippen molar-refractivity contribution in [3.63, 3.8) is 0 Å². The number of ketones is 2. The van der Waals surface area contributed by atoms with Gasteiger partial charge in [-0.2, -0.15) is 0 Å². The van der Waals surface area contributed by atoms with E-state index in [-0.39, 0.29) is 13.2 Å². The van der Waals surface area contributed by atoms with Crippen molar-refractivity contribution in [1.29, 1.82) is 0 Å². The minimum absolute atomic E-state index is 0.124. The molecule has 0 aliphatic rings. The normalized spacial score (nSPS) is 14.8. The van der Waals surface area contributed by atoms with Gasteiger partial charge >= 0.3 is 11.9 Å². The first kappa shape index (κ1) is 18.3. The van der Waals surface area contributed by atoms with Crippen LogP contribution in [0.15, 0.2) is 0 Å². The highest BCUT2D eigenvalue weighted by Gasteiger charge is 2.41. The molecule has 0 aliphatic carbocycles. The third kappa shape index (κ3) is 4.75. The Kier molecular flexibility index (Phi) is 7.72. The molecule has 6 nitrogen and oxygen atoms in total. The fourth-order valence-electron chi connectivity index (χ4n) is 2.16. The smallest absolute Gasteiger partial charge is 0.316 e. The molecule has 20 heavy (non-hydrogen) atoms. The number of esters is 2. The second kappa shape index (κ2) is 8.45. The van der Waals surface area contributed by atoms with Crippen molar-refractivity contribution in [2.45, 2.75) is 34.6 Å². The van der Waals surface area contributed by atoms with Crippen molar-refractivity contribution >= 4 is 23.5 Å². The van der Waals surface area contributed by atoms with E-state index in [0.29, 0.717) is 0 Å². The quantitative estimate of drug-likeness (QED) is 0.491. The van der Waals surface area contributed by atoms with Crippen LogP contribution in [0, 0.1) is 17.8 Å². The predicted molar refractivity (Wildman–Crippen MR) is 70.8 cm³/mol. The average molecular weight is 286 g/mol. The van der Waals surface area contributed by atoms with Crippen molar-refractivity contribution in [3.05, 3.63) is 0 Å². The van der Waals surface area contributed by atoms with Crippen LogP contribution < -0.4 is 0 Å². The van der Waals surface area contributed by atoms with Crippen LogP contribution in [0.3, 0.4) is 0 Å². The van der Waals surface area contributed by atoms with Crippen molar-refractivity contribution in [2.24, 2.45) is 17.8 Å². The van der Waals surface area contributed by atoms with Gasteiger partial charge in [0.1, 0.15) is 23.4 Å². The van der Waals surface area contributed by atoms with Crippen molar-refractivity contribution in [2.75, 3.05) is 13.2 Å². The maximum Gasteiger partial charge on any atom is 0.316 e. The summed E-state index contributed by atoms with van der Waals surface area (Å²) in [6, 6.07) is 0. The molecule has 0 aromatic carbocycles. The van der Waals surface area contributed by atoms with Gasteiger partial charge in [0.2, 0.25) is 0 Å². The molecule has 0 fully saturated rings. The highest BCUT2D eigenvalue weighted by Crippen LogP contribution is 2.25. The Labute approximate surface area is 118 Å². The molecule has 0 saturated heterocycles. The van der Waals surface area contributed by atoms with Crippen LogP contribution in [0.1, 0.15) is 34.6 Å². The molecule has 6 heteroatoms. The summed E-state index contributed by atoms with van der Waals surface area (Å²) < 4.78 is 9.67. The number of hydrogen-bond donors (Lipinski definition) is 0. The third-order valence-electron chi connectivity index (χ3n) is 3.01. The van der Waals surface area contributed by atoms with Crippen LogP contribution in [0.5, 0.6) is 0 Å². The molecule has 0 aromatic heterocycles. The number of rotatable bonds is 8. The largest absolute Gasteiger partial charge is 0.465 e. The fourth-order valence-corrected chi connectivity index (χ4v) is 2.16. The molecule has 114 valence electrons. The summed E-state index contributed by atoms with van der Waals surface area (Å²) >= 11 is 0. The summed E-state index contributed by atoms with van der Waals surface area (Å²) in [5.74, 6) is -5.41. The lowest BCUT2D eigenvalue weighted by molar-refractivity contribution is -0.159. The van der Waals surface area contributed by atoms with Gasteiger partial charge in [-0.05, 0) is 33.6 Å². The first-order valence-corrected chi connectivity index (χ1v) is 6.62. The number of Topliss-reactive ketones (excluding diaryl/α,β-unsaturated/α-hetero) is 2. The molecule has 0 amide bonds. The lowest BCUT2D eigenvalue weighted by Gasteiger charge is -2.25. The molecular weight excluding hydrogens is 264 g/mol. The maximum atomic E-state index is 11.8. The van der Waals surface area contributed by atoms with Gasteiger partial charge < -0.3 is 9.47 Å². The molecule has 1 unspecified atom stereocenters. The highest BCUT2D eigenvalue weighted by atomic mass is 16.5. The topological polar surface area (TPSA) is 86.7 Å². The van der Waals surface area contributed by atoms with Gasteiger partial charge in [0.15, 0.2) is 0 Å². The number of hydrogen-bond acceptors (Lipinski definition) is 6. The first-order valence-electron chi connectivity index (χ1n) is 6.62. The molecule has 0 bridgehead atoms. The minimum Gasteiger partial charge on any atom is -0.465 e. The second-order valence-electron chi connectivity index (χ2n) is 4.54. The first-order chi connectivity index (χ1) is 9.27. The van der Waals surface area contributed by atoms with Gasteiger partial charge in [-0.15, -0.1) is 0 Å². The van der Waals surface area contributed by atoms with Crippen LogP contribution >= 0.6 is 0 Å². The van der Waals surface area contributed by atoms with E-state index in [1.165, 1.54) is 20.8 Å². The lowest BCUT2D eigenvalue weighted by Crippen LogP contribution is -2.40. The average Bonchev–Trinajstić information content (AvgIpc) is 2.28. The molecule has 0 aliphatic heterocycles. The monoisotopic (exact) mass is 286 g/mol. The summed E-state index contributed by atoms with van der Waals surface area (Å²) in [4.78, 5) is 46.9. The van der Waals surface area contributed by atoms with Crippen LogP contribution in [0.25, 0.3) is 0 Å². The Morgan fingerprint density at radius 1 is 0.800 bits per heavy atom. The van der Waals surface area contributed by atoms with Gasteiger partial charge in [-0.1, -0.05) is 6.92 Å². The molecule has 0 radical (unpaired) electrons. The molecule has 0 saturated carbocycles. The third-order valence-corrected chi connectivity index (χ3v) is 3.01. The molecule has 0 heterocycles. The molecule has 0 rings (SSSR count). The summed E-state index contributed by atoms with van der Waals surface area (Å²) in [7, 11) is 0. The molecule has 3 atom stereocenters. The van der Waals surface area contributed by atoms with E-state index in [4.69, 9.17) is 9.47 Å². The second-order valence-corrected chi connectivity index (χ2v) is 4.54. The molecule has 0 spiro atoms. The van der Waals surface area contributed by atoms with Crippen LogP contribution in [-0.2, 0) is 28.7 Å². The molecular formula is C14H22O6. The van der Waals surface area contributed by atoms with Gasteiger partial charge in [0.25, 0.3) is 0 Å². The zero-order chi connectivity index (χ0) is 15.9. The summed E-state index contributed by atoms with van der Waals surface area (Å²) in [5, 5.41) is 0. The summed E-state index contributed by atoms with van der Waals surface area (Å²) in [6.07, 6.45) is 0. The van der Waals surface area contributed by atoms with Crippen LogP contribution in [-0.4, -0.2) is 36.7 Å². The summed E-state index contributed by atoms with van der Waals surface area (Å²) in [5.41, 5.74) is 0. The number of carbonyl (C=O) groups excluding carboxylic acids is 4. The molecule has 0 aromatic rings. The number of carbonyl (C=O) groups is 4. The van der Waals surface area contributed by atoms with Gasteiger partial charge in [0, 0.05) is 0 Å². The SMILES string of the molecule is CCOC(=O)[C@@H](C(C)=O)C(C)[C@@H](C(C)=O)C(=O)OCC. The van der Waals surface area contributed by atoms with Gasteiger partial charge in [-0.25, -0.2) is 0 Å². The lowest BCUT2D eigenvalue weighted by atomic mass is 9.79. The van der Waals surface area contributed by atoms with E-state index in [9.17, 15) is 19.2 Å². The van der Waals surface area contributed by atoms with Crippen LogP contribution in [0.2, 0.25) is 0 Å². The predicted octanol–water partition coefficient (Wildman–Crippen LogP) is 1.16. The van der Waals surface area contributed by atoms with Crippen molar-refractivity contribution in [1.82, 2.24) is 0 Å². The molecule has 0 N–H and O–H groups in total. The zero-order valence-electron chi connectivity index (χ0n) is 12.6. The Hall–Kier alpha value is -1.72. The standard InChI is InChI=1S/C14H22O6/c1-6-19-13(17)11(9(4)15)8(3)12(10(5)16)14(18)20-7-2/h8,11-12H,6-7H2,1-5H3/t8?,11-,12+. The van der Waals surface area contributed by atoms with Gasteiger partial charge in [0.05, 0.1) is 13.2 Å². The van der Waals surface area contributed by atoms with Crippen molar-refractivity contribution < 1.29 is 28.7 Å². The minimum atomic E-state index is -1.15. The summed E-state index contributed by atoms with van der Waals surface area (Å²) in [6.45, 7) is 7.47. The fraction of sp³-hybridized carbons (Fsp3) is 0.714. The Morgan fingerprint density at radius 2 is 1.10 bits per heavy atom. The highest BCUT2D eigenvalue weighted by molar-refractivity contribution is 6.02. The zero-order valence-corrected chi connectivity index (χ0v) is 12.6. The number of ether oxygens (including phenoxy) is 2. The van der Waals surface area contributed by atoms with Crippen molar-refractivity contribution in [3.8, 4) is 0 Å². The van der Waals surface area contributed by atoms with E-state index in [2.05, 4.69) is 0 Å². The van der Waals surface area contributed by atoms with E-state index in [1.807, 2.05) is 0 Å². The Morgan fingerprint density at radius 3 is 1.30 bits per heavy atom. The van der Waals surface area contributed by atoms with E-state index >= 15 is 0 Å². The van der Waals surface area contributed by atoms with E-state index in [1.54, 1.807) is 13.8 Å². The van der Waals surface area contributed by atoms with Gasteiger partial charge in [-0.3, -0.25) is 19.2 Å².